The van der Waals surface area contributed by atoms with Crippen molar-refractivity contribution >= 4 is 12.0 Å². The van der Waals surface area contributed by atoms with Crippen LogP contribution in [0.25, 0.3) is 0 Å². The van der Waals surface area contributed by atoms with Gasteiger partial charge in [0.2, 0.25) is 0 Å². The lowest BCUT2D eigenvalue weighted by Crippen LogP contribution is -2.54. The van der Waals surface area contributed by atoms with E-state index in [0.717, 1.165) is 6.42 Å². The fourth-order valence-electron chi connectivity index (χ4n) is 2.45. The Bertz CT molecular complexity index is 317. The van der Waals surface area contributed by atoms with E-state index in [2.05, 4.69) is 0 Å². The van der Waals surface area contributed by atoms with Crippen LogP contribution in [0.2, 0.25) is 0 Å². The molecule has 2 unspecified atom stereocenters. The van der Waals surface area contributed by atoms with Crippen LogP contribution >= 0.6 is 0 Å². The average molecular weight is 256 g/mol. The van der Waals surface area contributed by atoms with Gasteiger partial charge in [-0.3, -0.25) is 0 Å². The first-order valence-electron chi connectivity index (χ1n) is 6.57. The highest BCUT2D eigenvalue weighted by atomic mass is 16.4. The zero-order chi connectivity index (χ0) is 13.9. The number of likely N-dealkylation sites (tertiary alicyclic amines) is 1. The van der Waals surface area contributed by atoms with Gasteiger partial charge in [0.15, 0.2) is 0 Å². The lowest BCUT2D eigenvalue weighted by molar-refractivity contribution is -0.144. The first-order chi connectivity index (χ1) is 8.32. The highest BCUT2D eigenvalue weighted by Crippen LogP contribution is 2.23. The topological polar surface area (TPSA) is 60.9 Å². The van der Waals surface area contributed by atoms with Gasteiger partial charge in [-0.25, -0.2) is 9.59 Å². The smallest absolute Gasteiger partial charge is 0.326 e. The van der Waals surface area contributed by atoms with E-state index in [4.69, 9.17) is 0 Å². The summed E-state index contributed by atoms with van der Waals surface area (Å²) in [6, 6.07) is -0.834. The number of urea groups is 1. The quantitative estimate of drug-likeness (QED) is 0.838. The molecule has 5 heteroatoms. The van der Waals surface area contributed by atoms with Crippen molar-refractivity contribution in [1.82, 2.24) is 9.80 Å². The number of carbonyl (C=O) groups is 2. The number of carboxylic acid groups (broad SMARTS) is 1. The van der Waals surface area contributed by atoms with Crippen molar-refractivity contribution in [2.45, 2.75) is 39.7 Å². The number of carboxylic acids is 1. The summed E-state index contributed by atoms with van der Waals surface area (Å²) in [5, 5.41) is 9.23. The standard InChI is InChI=1S/C13H24N2O3/c1-9(2)8-14(4)13(18)15-6-5-10(3)7-11(15)12(16)17/h9-11H,5-8H2,1-4H3,(H,16,17). The van der Waals surface area contributed by atoms with Crippen LogP contribution in [-0.4, -0.2) is 53.1 Å². The molecule has 0 spiro atoms. The van der Waals surface area contributed by atoms with Gasteiger partial charge < -0.3 is 14.9 Å². The van der Waals surface area contributed by atoms with E-state index in [1.54, 1.807) is 11.9 Å². The number of hydrogen-bond acceptors (Lipinski definition) is 2. The molecule has 1 aliphatic rings. The molecule has 18 heavy (non-hydrogen) atoms. The van der Waals surface area contributed by atoms with Crippen molar-refractivity contribution in [3.63, 3.8) is 0 Å². The maximum absolute atomic E-state index is 12.2. The van der Waals surface area contributed by atoms with E-state index in [-0.39, 0.29) is 6.03 Å². The molecule has 1 aliphatic heterocycles. The van der Waals surface area contributed by atoms with Crippen LogP contribution in [0.5, 0.6) is 0 Å². The molecule has 0 aliphatic carbocycles. The number of carbonyl (C=O) groups excluding carboxylic acids is 1. The summed E-state index contributed by atoms with van der Waals surface area (Å²) in [7, 11) is 1.74. The van der Waals surface area contributed by atoms with Crippen molar-refractivity contribution in [1.29, 1.82) is 0 Å². The zero-order valence-corrected chi connectivity index (χ0v) is 11.7. The van der Waals surface area contributed by atoms with Gasteiger partial charge in [0, 0.05) is 20.1 Å². The molecular formula is C13H24N2O3. The predicted octanol–water partition coefficient (Wildman–Crippen LogP) is 1.88. The Morgan fingerprint density at radius 1 is 1.44 bits per heavy atom. The van der Waals surface area contributed by atoms with Gasteiger partial charge >= 0.3 is 12.0 Å². The molecule has 0 aromatic carbocycles. The third-order valence-electron chi connectivity index (χ3n) is 3.36. The minimum atomic E-state index is -0.896. The lowest BCUT2D eigenvalue weighted by Gasteiger charge is -2.38. The summed E-state index contributed by atoms with van der Waals surface area (Å²) in [5.74, 6) is -0.149. The molecule has 2 atom stereocenters. The SMILES string of the molecule is CC(C)CN(C)C(=O)N1CCC(C)CC1C(=O)O. The van der Waals surface area contributed by atoms with Crippen molar-refractivity contribution in [2.75, 3.05) is 20.1 Å². The molecule has 0 radical (unpaired) electrons. The van der Waals surface area contributed by atoms with E-state index < -0.39 is 12.0 Å². The Morgan fingerprint density at radius 2 is 2.06 bits per heavy atom. The fourth-order valence-corrected chi connectivity index (χ4v) is 2.45. The Kier molecular flexibility index (Phi) is 4.99. The number of piperidine rings is 1. The average Bonchev–Trinajstić information content (AvgIpc) is 2.26. The highest BCUT2D eigenvalue weighted by molar-refractivity contribution is 5.82. The van der Waals surface area contributed by atoms with Crippen molar-refractivity contribution in [3.8, 4) is 0 Å². The van der Waals surface area contributed by atoms with Crippen molar-refractivity contribution < 1.29 is 14.7 Å². The first kappa shape index (κ1) is 14.8. The first-order valence-corrected chi connectivity index (χ1v) is 6.57. The Balaban J connectivity index is 2.72. The van der Waals surface area contributed by atoms with E-state index in [1.807, 2.05) is 20.8 Å². The Morgan fingerprint density at radius 3 is 2.56 bits per heavy atom. The van der Waals surface area contributed by atoms with E-state index in [0.29, 0.717) is 31.3 Å². The molecule has 0 bridgehead atoms. The van der Waals surface area contributed by atoms with Crippen LogP contribution < -0.4 is 0 Å². The third-order valence-corrected chi connectivity index (χ3v) is 3.36. The molecule has 1 fully saturated rings. The summed E-state index contributed by atoms with van der Waals surface area (Å²) >= 11 is 0. The van der Waals surface area contributed by atoms with Crippen LogP contribution in [0.3, 0.4) is 0 Å². The van der Waals surface area contributed by atoms with E-state index >= 15 is 0 Å². The molecular weight excluding hydrogens is 232 g/mol. The van der Waals surface area contributed by atoms with Gasteiger partial charge in [-0.1, -0.05) is 20.8 Å². The van der Waals surface area contributed by atoms with Gasteiger partial charge in [0.05, 0.1) is 0 Å². The van der Waals surface area contributed by atoms with Crippen molar-refractivity contribution in [2.24, 2.45) is 11.8 Å². The fraction of sp³-hybridized carbons (Fsp3) is 0.846. The maximum atomic E-state index is 12.2. The number of amides is 2. The van der Waals surface area contributed by atoms with Gasteiger partial charge in [-0.2, -0.15) is 0 Å². The Hall–Kier alpha value is -1.26. The molecule has 1 rings (SSSR count). The van der Waals surface area contributed by atoms with E-state index in [9.17, 15) is 14.7 Å². The van der Waals surface area contributed by atoms with Crippen LogP contribution in [0, 0.1) is 11.8 Å². The minimum Gasteiger partial charge on any atom is -0.480 e. The van der Waals surface area contributed by atoms with Gasteiger partial charge in [0.1, 0.15) is 6.04 Å². The van der Waals surface area contributed by atoms with Gasteiger partial charge in [-0.15, -0.1) is 0 Å². The van der Waals surface area contributed by atoms with Gasteiger partial charge in [-0.05, 0) is 24.7 Å². The summed E-state index contributed by atoms with van der Waals surface area (Å²) < 4.78 is 0. The molecule has 0 aromatic rings. The van der Waals surface area contributed by atoms with Crippen LogP contribution in [0.1, 0.15) is 33.6 Å². The summed E-state index contributed by atoms with van der Waals surface area (Å²) in [4.78, 5) is 26.6. The molecule has 0 aromatic heterocycles. The molecule has 1 saturated heterocycles. The molecule has 5 nitrogen and oxygen atoms in total. The normalized spacial score (nSPS) is 24.2. The van der Waals surface area contributed by atoms with Crippen LogP contribution in [0.4, 0.5) is 4.79 Å². The second-order valence-corrected chi connectivity index (χ2v) is 5.73. The van der Waals surface area contributed by atoms with Crippen molar-refractivity contribution in [3.05, 3.63) is 0 Å². The maximum Gasteiger partial charge on any atom is 0.326 e. The largest absolute Gasteiger partial charge is 0.480 e. The molecule has 0 saturated carbocycles. The van der Waals surface area contributed by atoms with Gasteiger partial charge in [0.25, 0.3) is 0 Å². The molecule has 1 heterocycles. The summed E-state index contributed by atoms with van der Waals surface area (Å²) in [5.41, 5.74) is 0. The minimum absolute atomic E-state index is 0.164. The highest BCUT2D eigenvalue weighted by Gasteiger charge is 2.35. The Labute approximate surface area is 109 Å². The number of hydrogen-bond donors (Lipinski definition) is 1. The third kappa shape index (κ3) is 3.62. The van der Waals surface area contributed by atoms with Crippen LogP contribution in [-0.2, 0) is 4.79 Å². The number of aliphatic carboxylic acids is 1. The number of rotatable bonds is 3. The second-order valence-electron chi connectivity index (χ2n) is 5.73. The molecule has 2 amide bonds. The van der Waals surface area contributed by atoms with Crippen LogP contribution in [0.15, 0.2) is 0 Å². The number of nitrogens with zero attached hydrogens (tertiary/aromatic N) is 2. The predicted molar refractivity (Wildman–Crippen MR) is 69.4 cm³/mol. The monoisotopic (exact) mass is 256 g/mol. The molecule has 104 valence electrons. The second kappa shape index (κ2) is 6.07. The zero-order valence-electron chi connectivity index (χ0n) is 11.7. The van der Waals surface area contributed by atoms with E-state index in [1.165, 1.54) is 4.90 Å². The lowest BCUT2D eigenvalue weighted by atomic mass is 9.92. The molecule has 1 N–H and O–H groups in total. The summed E-state index contributed by atoms with van der Waals surface area (Å²) in [6.07, 6.45) is 1.43. The summed E-state index contributed by atoms with van der Waals surface area (Å²) in [6.45, 7) is 7.31.